The molecule has 0 spiro atoms. The Labute approximate surface area is 157 Å². The van der Waals surface area contributed by atoms with Gasteiger partial charge in [-0.2, -0.15) is 0 Å². The molecule has 0 radical (unpaired) electrons. The van der Waals surface area contributed by atoms with Gasteiger partial charge in [0, 0.05) is 0 Å². The molecule has 0 rings (SSSR count). The molecular weight excluding hydrogens is 336 g/mol. The van der Waals surface area contributed by atoms with Gasteiger partial charge < -0.3 is 20.1 Å². The van der Waals surface area contributed by atoms with Gasteiger partial charge in [-0.1, -0.05) is 27.7 Å². The first kappa shape index (κ1) is 24.2. The van der Waals surface area contributed by atoms with Crippen molar-refractivity contribution >= 4 is 18.0 Å². The Balaban J connectivity index is 5.16. The lowest BCUT2D eigenvalue weighted by molar-refractivity contribution is -0.160. The number of carbonyl (C=O) groups is 3. The number of amides is 2. The molecule has 0 fully saturated rings. The third-order valence-corrected chi connectivity index (χ3v) is 3.25. The number of rotatable bonds is 6. The second-order valence-corrected chi connectivity index (χ2v) is 9.13. The summed E-state index contributed by atoms with van der Waals surface area (Å²) >= 11 is 0. The van der Waals surface area contributed by atoms with E-state index in [-0.39, 0.29) is 11.8 Å². The smallest absolute Gasteiger partial charge is 0.408 e. The number of carbonyl (C=O) groups excluding carboxylic acids is 3. The van der Waals surface area contributed by atoms with Gasteiger partial charge in [0.05, 0.1) is 0 Å². The van der Waals surface area contributed by atoms with Crippen LogP contribution in [0.25, 0.3) is 0 Å². The lowest BCUT2D eigenvalue weighted by atomic mass is 10.00. The molecule has 152 valence electrons. The summed E-state index contributed by atoms with van der Waals surface area (Å²) in [5.41, 5.74) is -1.32. The van der Waals surface area contributed by atoms with Crippen molar-refractivity contribution in [2.75, 3.05) is 0 Å². The molecule has 0 heterocycles. The van der Waals surface area contributed by atoms with Crippen molar-refractivity contribution in [2.24, 2.45) is 11.8 Å². The predicted molar refractivity (Wildman–Crippen MR) is 101 cm³/mol. The Morgan fingerprint density at radius 3 is 1.46 bits per heavy atom. The van der Waals surface area contributed by atoms with E-state index in [1.54, 1.807) is 55.4 Å². The van der Waals surface area contributed by atoms with Crippen LogP contribution < -0.4 is 10.6 Å². The topological polar surface area (TPSA) is 93.7 Å². The summed E-state index contributed by atoms with van der Waals surface area (Å²) < 4.78 is 10.6. The molecule has 26 heavy (non-hydrogen) atoms. The summed E-state index contributed by atoms with van der Waals surface area (Å²) in [4.78, 5) is 37.1. The molecule has 0 aromatic rings. The number of hydrogen-bond acceptors (Lipinski definition) is 5. The van der Waals surface area contributed by atoms with Gasteiger partial charge in [-0.3, -0.25) is 4.79 Å². The van der Waals surface area contributed by atoms with Crippen molar-refractivity contribution in [3.05, 3.63) is 0 Å². The molecule has 0 saturated carbocycles. The van der Waals surface area contributed by atoms with E-state index in [0.717, 1.165) is 0 Å². The molecule has 0 aromatic carbocycles. The summed E-state index contributed by atoms with van der Waals surface area (Å²) in [5, 5.41) is 5.28. The van der Waals surface area contributed by atoms with Gasteiger partial charge in [0.15, 0.2) is 0 Å². The normalized spacial score (nSPS) is 14.6. The minimum absolute atomic E-state index is 0.164. The molecule has 7 heteroatoms. The Kier molecular flexibility index (Phi) is 8.60. The molecule has 7 nitrogen and oxygen atoms in total. The fraction of sp³-hybridized carbons (Fsp3) is 0.842. The Hall–Kier alpha value is -1.79. The number of nitrogens with one attached hydrogen (secondary N) is 2. The zero-order valence-electron chi connectivity index (χ0n) is 17.9. The second-order valence-electron chi connectivity index (χ2n) is 9.13. The van der Waals surface area contributed by atoms with E-state index in [1.807, 2.05) is 13.8 Å². The second kappa shape index (κ2) is 9.24. The van der Waals surface area contributed by atoms with E-state index in [9.17, 15) is 14.4 Å². The van der Waals surface area contributed by atoms with Crippen LogP contribution in [0.15, 0.2) is 0 Å². The van der Waals surface area contributed by atoms with Crippen molar-refractivity contribution in [1.82, 2.24) is 10.6 Å². The van der Waals surface area contributed by atoms with Gasteiger partial charge in [0.25, 0.3) is 0 Å². The molecule has 2 amide bonds. The van der Waals surface area contributed by atoms with Crippen LogP contribution in [0, 0.1) is 11.8 Å². The van der Waals surface area contributed by atoms with Crippen molar-refractivity contribution in [3.63, 3.8) is 0 Å². The summed E-state index contributed by atoms with van der Waals surface area (Å²) in [7, 11) is 0. The van der Waals surface area contributed by atoms with Crippen LogP contribution in [0.4, 0.5) is 4.79 Å². The highest BCUT2D eigenvalue weighted by Crippen LogP contribution is 2.14. The maximum absolute atomic E-state index is 12.7. The molecule has 0 saturated heterocycles. The third-order valence-electron chi connectivity index (χ3n) is 3.25. The SMILES string of the molecule is CC(C)[C@H](NC(=O)OC(C)(C)C)C(=O)N[C@H](C(=O)OC(C)(C)C)C(C)C. The molecule has 0 unspecified atom stereocenters. The van der Waals surface area contributed by atoms with Crippen LogP contribution >= 0.6 is 0 Å². The average Bonchev–Trinajstić information content (AvgIpc) is 2.36. The quantitative estimate of drug-likeness (QED) is 0.699. The molecule has 2 N–H and O–H groups in total. The van der Waals surface area contributed by atoms with Crippen molar-refractivity contribution in [1.29, 1.82) is 0 Å². The van der Waals surface area contributed by atoms with E-state index >= 15 is 0 Å². The Morgan fingerprint density at radius 2 is 1.12 bits per heavy atom. The van der Waals surface area contributed by atoms with Crippen LogP contribution in [0.2, 0.25) is 0 Å². The summed E-state index contributed by atoms with van der Waals surface area (Å²) in [6, 6.07) is -1.63. The van der Waals surface area contributed by atoms with Gasteiger partial charge in [-0.05, 0) is 53.4 Å². The Morgan fingerprint density at radius 1 is 0.692 bits per heavy atom. The highest BCUT2D eigenvalue weighted by atomic mass is 16.6. The minimum Gasteiger partial charge on any atom is -0.458 e. The van der Waals surface area contributed by atoms with E-state index in [4.69, 9.17) is 9.47 Å². The highest BCUT2D eigenvalue weighted by Gasteiger charge is 2.33. The van der Waals surface area contributed by atoms with Gasteiger partial charge in [0.2, 0.25) is 5.91 Å². The van der Waals surface area contributed by atoms with E-state index in [2.05, 4.69) is 10.6 Å². The fourth-order valence-corrected chi connectivity index (χ4v) is 2.08. The molecule has 0 aliphatic heterocycles. The largest absolute Gasteiger partial charge is 0.458 e. The first-order valence-corrected chi connectivity index (χ1v) is 9.06. The first-order valence-electron chi connectivity index (χ1n) is 9.06. The number of hydrogen-bond donors (Lipinski definition) is 2. The van der Waals surface area contributed by atoms with Crippen molar-refractivity contribution in [2.45, 2.75) is 92.5 Å². The Bertz CT molecular complexity index is 501. The molecular formula is C19H36N2O5. The highest BCUT2D eigenvalue weighted by molar-refractivity contribution is 5.90. The van der Waals surface area contributed by atoms with Crippen LogP contribution in [0.5, 0.6) is 0 Å². The molecule has 0 aliphatic carbocycles. The van der Waals surface area contributed by atoms with E-state index in [1.165, 1.54) is 0 Å². The van der Waals surface area contributed by atoms with Crippen molar-refractivity contribution in [3.8, 4) is 0 Å². The summed E-state index contributed by atoms with van der Waals surface area (Å²) in [5.74, 6) is -1.30. The summed E-state index contributed by atoms with van der Waals surface area (Å²) in [6.07, 6.45) is -0.676. The van der Waals surface area contributed by atoms with Gasteiger partial charge >= 0.3 is 12.1 Å². The van der Waals surface area contributed by atoms with Gasteiger partial charge in [0.1, 0.15) is 23.3 Å². The van der Waals surface area contributed by atoms with Crippen LogP contribution in [0.1, 0.15) is 69.2 Å². The summed E-state index contributed by atoms with van der Waals surface area (Å²) in [6.45, 7) is 17.8. The number of esters is 1. The number of alkyl carbamates (subject to hydrolysis) is 1. The van der Waals surface area contributed by atoms with E-state index in [0.29, 0.717) is 0 Å². The maximum atomic E-state index is 12.7. The standard InChI is InChI=1S/C19H36N2O5/c1-11(2)13(21-17(24)26-19(8,9)10)15(22)20-14(12(3)4)16(23)25-18(5,6)7/h11-14H,1-10H3,(H,20,22)(H,21,24)/t13-,14-/m0/s1. The predicted octanol–water partition coefficient (Wildman–Crippen LogP) is 3.02. The van der Waals surface area contributed by atoms with Crippen LogP contribution in [-0.4, -0.2) is 41.3 Å². The molecule has 2 atom stereocenters. The average molecular weight is 373 g/mol. The first-order chi connectivity index (χ1) is 11.5. The van der Waals surface area contributed by atoms with Crippen LogP contribution in [0.3, 0.4) is 0 Å². The lowest BCUT2D eigenvalue weighted by Crippen LogP contribution is -2.56. The van der Waals surface area contributed by atoms with Gasteiger partial charge in [-0.25, -0.2) is 9.59 Å². The fourth-order valence-electron chi connectivity index (χ4n) is 2.08. The third kappa shape index (κ3) is 9.63. The molecule has 0 aliphatic rings. The lowest BCUT2D eigenvalue weighted by Gasteiger charge is -2.29. The maximum Gasteiger partial charge on any atom is 0.408 e. The minimum atomic E-state index is -0.825. The number of ether oxygens (including phenoxy) is 2. The molecule has 0 aromatic heterocycles. The monoisotopic (exact) mass is 372 g/mol. The molecule has 0 bridgehead atoms. The zero-order valence-corrected chi connectivity index (χ0v) is 17.9. The van der Waals surface area contributed by atoms with Crippen molar-refractivity contribution < 1.29 is 23.9 Å². The zero-order chi connectivity index (χ0) is 20.9. The van der Waals surface area contributed by atoms with Crippen LogP contribution in [-0.2, 0) is 19.1 Å². The van der Waals surface area contributed by atoms with Gasteiger partial charge in [-0.15, -0.1) is 0 Å². The van der Waals surface area contributed by atoms with E-state index < -0.39 is 41.3 Å².